The first-order valence-electron chi connectivity index (χ1n) is 6.04. The Morgan fingerprint density at radius 2 is 1.75 bits per heavy atom. The number of anilines is 3. The van der Waals surface area contributed by atoms with Crippen LogP contribution in [-0.4, -0.2) is 13.2 Å². The molecule has 3 rings (SSSR count). The molecule has 4 nitrogen and oxygen atoms in total. The molecule has 0 atom stereocenters. The fourth-order valence-corrected chi connectivity index (χ4v) is 2.31. The first-order chi connectivity index (χ1) is 9.63. The number of nitrogens with two attached hydrogens (primary N) is 1. The third kappa shape index (κ3) is 2.51. The van der Waals surface area contributed by atoms with Gasteiger partial charge in [0, 0.05) is 16.6 Å². The number of halogens is 2. The second-order valence-corrected chi connectivity index (χ2v) is 5.25. The Morgan fingerprint density at radius 1 is 1.05 bits per heavy atom. The van der Waals surface area contributed by atoms with Gasteiger partial charge in [0.1, 0.15) is 19.0 Å². The summed E-state index contributed by atoms with van der Waals surface area (Å²) >= 11 is 3.31. The van der Waals surface area contributed by atoms with Crippen LogP contribution in [0, 0.1) is 5.82 Å². The highest BCUT2D eigenvalue weighted by Gasteiger charge is 2.15. The first-order valence-corrected chi connectivity index (χ1v) is 6.84. The number of benzene rings is 2. The SMILES string of the molecule is Nc1cc2c(cc1Nc1cc(Br)ccc1F)OCCO2. The molecule has 0 amide bonds. The van der Waals surface area contributed by atoms with E-state index in [9.17, 15) is 4.39 Å². The molecule has 1 heterocycles. The Kier molecular flexibility index (Phi) is 3.40. The van der Waals surface area contributed by atoms with E-state index in [1.165, 1.54) is 6.07 Å². The molecule has 0 radical (unpaired) electrons. The molecule has 20 heavy (non-hydrogen) atoms. The summed E-state index contributed by atoms with van der Waals surface area (Å²) in [5.74, 6) is 0.847. The van der Waals surface area contributed by atoms with Crippen LogP contribution in [0.4, 0.5) is 21.5 Å². The first kappa shape index (κ1) is 13.1. The number of nitrogens with one attached hydrogen (secondary N) is 1. The molecule has 1 aliphatic heterocycles. The minimum atomic E-state index is -0.359. The van der Waals surface area contributed by atoms with Crippen molar-refractivity contribution >= 4 is 33.0 Å². The van der Waals surface area contributed by atoms with Crippen molar-refractivity contribution < 1.29 is 13.9 Å². The van der Waals surface area contributed by atoms with E-state index in [0.717, 1.165) is 4.47 Å². The quantitative estimate of drug-likeness (QED) is 0.820. The lowest BCUT2D eigenvalue weighted by Crippen LogP contribution is -2.15. The molecule has 1 aliphatic rings. The van der Waals surface area contributed by atoms with Crippen molar-refractivity contribution in [3.8, 4) is 11.5 Å². The average Bonchev–Trinajstić information content (AvgIpc) is 2.43. The lowest BCUT2D eigenvalue weighted by molar-refractivity contribution is 0.172. The fraction of sp³-hybridized carbons (Fsp3) is 0.143. The Hall–Kier alpha value is -1.95. The third-order valence-electron chi connectivity index (χ3n) is 2.91. The van der Waals surface area contributed by atoms with E-state index in [0.29, 0.717) is 41.8 Å². The van der Waals surface area contributed by atoms with Gasteiger partial charge in [0.25, 0.3) is 0 Å². The van der Waals surface area contributed by atoms with E-state index < -0.39 is 0 Å². The summed E-state index contributed by atoms with van der Waals surface area (Å²) in [4.78, 5) is 0. The van der Waals surface area contributed by atoms with Gasteiger partial charge in [0.05, 0.1) is 17.1 Å². The van der Waals surface area contributed by atoms with Crippen molar-refractivity contribution in [2.24, 2.45) is 0 Å². The summed E-state index contributed by atoms with van der Waals surface area (Å²) in [7, 11) is 0. The van der Waals surface area contributed by atoms with Gasteiger partial charge in [0.15, 0.2) is 11.5 Å². The zero-order chi connectivity index (χ0) is 14.1. The molecule has 0 fully saturated rings. The number of nitrogen functional groups attached to an aromatic ring is 1. The van der Waals surface area contributed by atoms with Crippen LogP contribution in [-0.2, 0) is 0 Å². The lowest BCUT2D eigenvalue weighted by atomic mass is 10.2. The van der Waals surface area contributed by atoms with Crippen molar-refractivity contribution in [2.75, 3.05) is 24.3 Å². The standard InChI is InChI=1S/C14H12BrFN2O2/c15-8-1-2-9(16)11(5-8)18-12-7-14-13(6-10(12)17)19-3-4-20-14/h1-2,5-7,18H,3-4,17H2. The van der Waals surface area contributed by atoms with Crippen LogP contribution in [0.5, 0.6) is 11.5 Å². The minimum Gasteiger partial charge on any atom is -0.486 e. The average molecular weight is 339 g/mol. The van der Waals surface area contributed by atoms with E-state index in [2.05, 4.69) is 21.2 Å². The van der Waals surface area contributed by atoms with Gasteiger partial charge in [-0.15, -0.1) is 0 Å². The molecule has 3 N–H and O–H groups in total. The maximum absolute atomic E-state index is 13.7. The van der Waals surface area contributed by atoms with Crippen molar-refractivity contribution in [3.05, 3.63) is 40.6 Å². The van der Waals surface area contributed by atoms with Crippen LogP contribution in [0.25, 0.3) is 0 Å². The smallest absolute Gasteiger partial charge is 0.163 e. The molecule has 0 aromatic heterocycles. The predicted octanol–water partition coefficient (Wildman–Crippen LogP) is 3.69. The molecule has 0 spiro atoms. The van der Waals surface area contributed by atoms with Crippen LogP contribution < -0.4 is 20.5 Å². The molecule has 0 unspecified atom stereocenters. The molecule has 0 saturated carbocycles. The Bertz CT molecular complexity index is 664. The monoisotopic (exact) mass is 338 g/mol. The molecule has 2 aromatic rings. The second-order valence-electron chi connectivity index (χ2n) is 4.33. The maximum Gasteiger partial charge on any atom is 0.163 e. The third-order valence-corrected chi connectivity index (χ3v) is 3.41. The summed E-state index contributed by atoms with van der Waals surface area (Å²) in [6, 6.07) is 8.04. The molecule has 0 aliphatic carbocycles. The molecular formula is C14H12BrFN2O2. The number of ether oxygens (including phenoxy) is 2. The lowest BCUT2D eigenvalue weighted by Gasteiger charge is -2.20. The molecular weight excluding hydrogens is 327 g/mol. The predicted molar refractivity (Wildman–Crippen MR) is 79.2 cm³/mol. The van der Waals surface area contributed by atoms with Gasteiger partial charge in [-0.3, -0.25) is 0 Å². The van der Waals surface area contributed by atoms with E-state index in [1.807, 2.05) is 0 Å². The molecule has 2 aromatic carbocycles. The maximum atomic E-state index is 13.7. The largest absolute Gasteiger partial charge is 0.486 e. The van der Waals surface area contributed by atoms with Crippen LogP contribution in [0.1, 0.15) is 0 Å². The number of hydrogen-bond acceptors (Lipinski definition) is 4. The number of hydrogen-bond donors (Lipinski definition) is 2. The van der Waals surface area contributed by atoms with Crippen molar-refractivity contribution in [2.45, 2.75) is 0 Å². The van der Waals surface area contributed by atoms with E-state index in [1.54, 1.807) is 24.3 Å². The number of fused-ring (bicyclic) bond motifs is 1. The van der Waals surface area contributed by atoms with Crippen LogP contribution in [0.3, 0.4) is 0 Å². The van der Waals surface area contributed by atoms with E-state index in [-0.39, 0.29) is 5.82 Å². The molecule has 0 bridgehead atoms. The van der Waals surface area contributed by atoms with Crippen LogP contribution >= 0.6 is 15.9 Å². The van der Waals surface area contributed by atoms with Gasteiger partial charge >= 0.3 is 0 Å². The summed E-state index contributed by atoms with van der Waals surface area (Å²) < 4.78 is 25.4. The fourth-order valence-electron chi connectivity index (χ4n) is 1.95. The molecule has 104 valence electrons. The zero-order valence-corrected chi connectivity index (χ0v) is 12.0. The van der Waals surface area contributed by atoms with Crippen molar-refractivity contribution in [1.29, 1.82) is 0 Å². The van der Waals surface area contributed by atoms with E-state index in [4.69, 9.17) is 15.2 Å². The van der Waals surface area contributed by atoms with Gasteiger partial charge in [-0.25, -0.2) is 4.39 Å². The second kappa shape index (κ2) is 5.20. The minimum absolute atomic E-state index is 0.336. The van der Waals surface area contributed by atoms with Gasteiger partial charge in [-0.1, -0.05) is 15.9 Å². The Morgan fingerprint density at radius 3 is 2.50 bits per heavy atom. The normalized spacial score (nSPS) is 13.1. The summed E-state index contributed by atoms with van der Waals surface area (Å²) in [5.41, 5.74) is 7.33. The zero-order valence-electron chi connectivity index (χ0n) is 10.5. The Balaban J connectivity index is 1.96. The van der Waals surface area contributed by atoms with Crippen LogP contribution in [0.15, 0.2) is 34.8 Å². The molecule has 6 heteroatoms. The Labute approximate surface area is 123 Å². The summed E-state index contributed by atoms with van der Waals surface area (Å²) in [6.07, 6.45) is 0. The number of rotatable bonds is 2. The summed E-state index contributed by atoms with van der Waals surface area (Å²) in [5, 5.41) is 2.97. The highest BCUT2D eigenvalue weighted by atomic mass is 79.9. The van der Waals surface area contributed by atoms with Gasteiger partial charge in [0.2, 0.25) is 0 Å². The topological polar surface area (TPSA) is 56.5 Å². The van der Waals surface area contributed by atoms with E-state index >= 15 is 0 Å². The van der Waals surface area contributed by atoms with Gasteiger partial charge in [-0.05, 0) is 18.2 Å². The van der Waals surface area contributed by atoms with Gasteiger partial charge in [-0.2, -0.15) is 0 Å². The summed E-state index contributed by atoms with van der Waals surface area (Å²) in [6.45, 7) is 0.987. The van der Waals surface area contributed by atoms with Crippen molar-refractivity contribution in [3.63, 3.8) is 0 Å². The highest BCUT2D eigenvalue weighted by Crippen LogP contribution is 2.38. The van der Waals surface area contributed by atoms with Gasteiger partial charge < -0.3 is 20.5 Å². The van der Waals surface area contributed by atoms with Crippen LogP contribution in [0.2, 0.25) is 0 Å². The molecule has 0 saturated heterocycles. The van der Waals surface area contributed by atoms with Crippen molar-refractivity contribution in [1.82, 2.24) is 0 Å². The highest BCUT2D eigenvalue weighted by molar-refractivity contribution is 9.10.